The Hall–Kier alpha value is -4.36. The van der Waals surface area contributed by atoms with Crippen molar-refractivity contribution in [3.8, 4) is 0 Å². The van der Waals surface area contributed by atoms with Crippen molar-refractivity contribution in [2.75, 3.05) is 32.1 Å². The summed E-state index contributed by atoms with van der Waals surface area (Å²) in [6.45, 7) is 2.29. The second-order valence-corrected chi connectivity index (χ2v) is 11.4. The third kappa shape index (κ3) is 5.91. The third-order valence-electron chi connectivity index (χ3n) is 7.03. The highest BCUT2D eigenvalue weighted by molar-refractivity contribution is 7.90. The van der Waals surface area contributed by atoms with E-state index in [0.717, 1.165) is 19.0 Å². The van der Waals surface area contributed by atoms with E-state index in [1.807, 2.05) is 22.9 Å². The van der Waals surface area contributed by atoms with E-state index in [2.05, 4.69) is 27.5 Å². The number of benzene rings is 2. The van der Waals surface area contributed by atoms with Crippen LogP contribution in [0.4, 0.5) is 15.9 Å². The quantitative estimate of drug-likeness (QED) is 0.324. The normalized spacial score (nSPS) is 14.3. The molecule has 2 aromatic heterocycles. The number of rotatable bonds is 8. The number of nitrogens with one attached hydrogen (secondary N) is 2. The Morgan fingerprint density at radius 1 is 1.10 bits per heavy atom. The van der Waals surface area contributed by atoms with E-state index < -0.39 is 28.4 Å². The first-order valence-electron chi connectivity index (χ1n) is 13.0. The zero-order chi connectivity index (χ0) is 29.1. The first kappa shape index (κ1) is 28.2. The molecule has 2 amide bonds. The fourth-order valence-electron chi connectivity index (χ4n) is 4.95. The van der Waals surface area contributed by atoms with Gasteiger partial charge in [0.1, 0.15) is 23.8 Å². The Kier molecular flexibility index (Phi) is 7.99. The Morgan fingerprint density at radius 3 is 2.51 bits per heavy atom. The number of likely N-dealkylation sites (tertiary alicyclic amines) is 1. The maximum atomic E-state index is 13.8. The lowest BCUT2D eigenvalue weighted by atomic mass is 9.89. The van der Waals surface area contributed by atoms with Crippen LogP contribution in [0.3, 0.4) is 0 Å². The molecule has 214 valence electrons. The number of nitrogens with zero attached hydrogens (tertiary/aromatic N) is 4. The van der Waals surface area contributed by atoms with E-state index in [1.54, 1.807) is 11.8 Å². The summed E-state index contributed by atoms with van der Waals surface area (Å²) in [5, 5.41) is 7.34. The average molecular weight is 581 g/mol. The number of ether oxygens (including phenoxy) is 1. The van der Waals surface area contributed by atoms with Gasteiger partial charge in [-0.25, -0.2) is 22.5 Å². The first-order chi connectivity index (χ1) is 19.7. The van der Waals surface area contributed by atoms with Crippen molar-refractivity contribution in [3.05, 3.63) is 83.4 Å². The van der Waals surface area contributed by atoms with Gasteiger partial charge in [0.25, 0.3) is 21.8 Å². The summed E-state index contributed by atoms with van der Waals surface area (Å²) >= 11 is 0. The Morgan fingerprint density at radius 2 is 1.83 bits per heavy atom. The summed E-state index contributed by atoms with van der Waals surface area (Å²) in [4.78, 5) is 31.4. The SMILES string of the molecule is COCC(=O)NS(=O)(=O)c1cnn2c(Nc3ccc(F)cc3C)c(C(=O)N3CCC(c4ccccc4)CC3)cnc12. The van der Waals surface area contributed by atoms with Crippen molar-refractivity contribution < 1.29 is 27.1 Å². The number of hydrogen-bond donors (Lipinski definition) is 2. The van der Waals surface area contributed by atoms with Crippen LogP contribution in [-0.4, -0.2) is 66.5 Å². The van der Waals surface area contributed by atoms with Crippen LogP contribution in [-0.2, 0) is 19.6 Å². The van der Waals surface area contributed by atoms with E-state index in [1.165, 1.54) is 41.6 Å². The molecule has 1 saturated heterocycles. The van der Waals surface area contributed by atoms with E-state index in [-0.39, 0.29) is 27.8 Å². The molecule has 0 atom stereocenters. The molecule has 0 unspecified atom stereocenters. The highest BCUT2D eigenvalue weighted by atomic mass is 32.2. The lowest BCUT2D eigenvalue weighted by Crippen LogP contribution is -2.38. The van der Waals surface area contributed by atoms with Gasteiger partial charge in [-0.1, -0.05) is 30.3 Å². The van der Waals surface area contributed by atoms with Crippen molar-refractivity contribution in [2.24, 2.45) is 0 Å². The molecule has 2 aromatic carbocycles. The molecule has 0 radical (unpaired) electrons. The number of fused-ring (bicyclic) bond motifs is 1. The van der Waals surface area contributed by atoms with Crippen LogP contribution in [0.5, 0.6) is 0 Å². The molecule has 1 aliphatic heterocycles. The minimum absolute atomic E-state index is 0.107. The van der Waals surface area contributed by atoms with E-state index in [9.17, 15) is 22.4 Å². The number of methoxy groups -OCH3 is 1. The van der Waals surface area contributed by atoms with Crippen molar-refractivity contribution in [2.45, 2.75) is 30.6 Å². The summed E-state index contributed by atoms with van der Waals surface area (Å²) in [6, 6.07) is 14.3. The van der Waals surface area contributed by atoms with Gasteiger partial charge in [-0.3, -0.25) is 9.59 Å². The molecule has 11 nitrogen and oxygen atoms in total. The van der Waals surface area contributed by atoms with Crippen LogP contribution in [0.2, 0.25) is 0 Å². The maximum absolute atomic E-state index is 13.8. The van der Waals surface area contributed by atoms with Crippen LogP contribution >= 0.6 is 0 Å². The van der Waals surface area contributed by atoms with Crippen LogP contribution in [0, 0.1) is 12.7 Å². The molecule has 1 fully saturated rings. The van der Waals surface area contributed by atoms with Gasteiger partial charge in [0.2, 0.25) is 0 Å². The molecule has 5 rings (SSSR count). The van der Waals surface area contributed by atoms with Gasteiger partial charge in [0, 0.05) is 32.1 Å². The number of carbonyl (C=O) groups is 2. The van der Waals surface area contributed by atoms with Crippen LogP contribution < -0.4 is 10.0 Å². The van der Waals surface area contributed by atoms with Crippen LogP contribution in [0.25, 0.3) is 5.65 Å². The Bertz CT molecular complexity index is 1700. The van der Waals surface area contributed by atoms with E-state index in [4.69, 9.17) is 4.74 Å². The maximum Gasteiger partial charge on any atom is 0.269 e. The Balaban J connectivity index is 1.51. The molecule has 2 N–H and O–H groups in total. The standard InChI is InChI=1S/C28H29FN6O5S/c1-18-14-21(29)8-9-23(18)32-26-22(28(37)34-12-10-20(11-13-34)19-6-4-3-5-7-19)15-30-27-24(16-31-35(26)27)41(38,39)33-25(36)17-40-2/h3-9,14-16,20,32H,10-13,17H2,1-2H3,(H,33,36). The van der Waals surface area contributed by atoms with Crippen LogP contribution in [0.1, 0.15) is 40.2 Å². The fourth-order valence-corrected chi connectivity index (χ4v) is 5.98. The molecule has 4 aromatic rings. The number of hydrogen-bond acceptors (Lipinski definition) is 8. The number of piperidine rings is 1. The van der Waals surface area contributed by atoms with Crippen molar-refractivity contribution in [1.82, 2.24) is 24.2 Å². The van der Waals surface area contributed by atoms with Gasteiger partial charge in [0.05, 0.1) is 6.20 Å². The Labute approximate surface area is 236 Å². The molecule has 0 saturated carbocycles. The second-order valence-electron chi connectivity index (χ2n) is 9.79. The molecule has 3 heterocycles. The minimum Gasteiger partial charge on any atom is -0.375 e. The first-order valence-corrected chi connectivity index (χ1v) is 14.4. The number of sulfonamides is 1. The predicted molar refractivity (Wildman–Crippen MR) is 149 cm³/mol. The highest BCUT2D eigenvalue weighted by Crippen LogP contribution is 2.31. The fraction of sp³-hybridized carbons (Fsp3) is 0.286. The van der Waals surface area contributed by atoms with E-state index in [0.29, 0.717) is 30.3 Å². The lowest BCUT2D eigenvalue weighted by molar-refractivity contribution is -0.122. The number of carbonyl (C=O) groups excluding carboxylic acids is 2. The zero-order valence-electron chi connectivity index (χ0n) is 22.5. The van der Waals surface area contributed by atoms with Gasteiger partial charge in [0.15, 0.2) is 10.5 Å². The second kappa shape index (κ2) is 11.6. The predicted octanol–water partition coefficient (Wildman–Crippen LogP) is 3.39. The average Bonchev–Trinajstić information content (AvgIpc) is 3.40. The minimum atomic E-state index is -4.35. The van der Waals surface area contributed by atoms with Gasteiger partial charge < -0.3 is 15.0 Å². The summed E-state index contributed by atoms with van der Waals surface area (Å²) in [5.74, 6) is -1.10. The third-order valence-corrected chi connectivity index (χ3v) is 8.40. The van der Waals surface area contributed by atoms with Gasteiger partial charge in [-0.05, 0) is 55.0 Å². The van der Waals surface area contributed by atoms with Gasteiger partial charge >= 0.3 is 0 Å². The number of aryl methyl sites for hydroxylation is 1. The van der Waals surface area contributed by atoms with Crippen LogP contribution in [0.15, 0.2) is 65.8 Å². The topological polar surface area (TPSA) is 135 Å². The molecule has 0 spiro atoms. The largest absolute Gasteiger partial charge is 0.375 e. The smallest absolute Gasteiger partial charge is 0.269 e. The monoisotopic (exact) mass is 580 g/mol. The summed E-state index contributed by atoms with van der Waals surface area (Å²) in [7, 11) is -3.09. The molecular weight excluding hydrogens is 551 g/mol. The molecular formula is C28H29FN6O5S. The van der Waals surface area contributed by atoms with Crippen molar-refractivity contribution in [1.29, 1.82) is 0 Å². The number of amides is 2. The lowest BCUT2D eigenvalue weighted by Gasteiger charge is -2.32. The van der Waals surface area contributed by atoms with Crippen molar-refractivity contribution in [3.63, 3.8) is 0 Å². The van der Waals surface area contributed by atoms with Gasteiger partial charge in [-0.2, -0.15) is 9.61 Å². The highest BCUT2D eigenvalue weighted by Gasteiger charge is 2.30. The van der Waals surface area contributed by atoms with Gasteiger partial charge in [-0.15, -0.1) is 0 Å². The van der Waals surface area contributed by atoms with Crippen molar-refractivity contribution >= 4 is 39.0 Å². The number of halogens is 1. The number of aromatic nitrogens is 3. The summed E-state index contributed by atoms with van der Waals surface area (Å²) in [6.07, 6.45) is 3.92. The molecule has 41 heavy (non-hydrogen) atoms. The zero-order valence-corrected chi connectivity index (χ0v) is 23.3. The molecule has 1 aliphatic rings. The van der Waals surface area contributed by atoms with E-state index >= 15 is 0 Å². The number of anilines is 2. The summed E-state index contributed by atoms with van der Waals surface area (Å²) in [5.41, 5.74) is 2.34. The summed E-state index contributed by atoms with van der Waals surface area (Å²) < 4.78 is 47.5. The molecule has 13 heteroatoms. The molecule has 0 bridgehead atoms. The molecule has 0 aliphatic carbocycles.